The van der Waals surface area contributed by atoms with Gasteiger partial charge in [-0.15, -0.1) is 16.4 Å². The van der Waals surface area contributed by atoms with E-state index >= 15 is 0 Å². The number of likely N-dealkylation sites (tertiary alicyclic amines) is 1. The predicted octanol–water partition coefficient (Wildman–Crippen LogP) is 2.22. The van der Waals surface area contributed by atoms with Crippen LogP contribution in [0, 0.1) is 6.92 Å². The molecular weight excluding hydrogens is 334 g/mol. The van der Waals surface area contributed by atoms with Crippen LogP contribution < -0.4 is 0 Å². The Kier molecular flexibility index (Phi) is 4.85. The van der Waals surface area contributed by atoms with Crippen LogP contribution in [0.25, 0.3) is 0 Å². The van der Waals surface area contributed by atoms with E-state index in [1.807, 2.05) is 20.9 Å². The van der Waals surface area contributed by atoms with Crippen molar-refractivity contribution in [3.63, 3.8) is 0 Å². The molecule has 0 aliphatic carbocycles. The van der Waals surface area contributed by atoms with Gasteiger partial charge in [0.25, 0.3) is 0 Å². The summed E-state index contributed by atoms with van der Waals surface area (Å²) in [7, 11) is 0. The van der Waals surface area contributed by atoms with Crippen LogP contribution in [0.2, 0.25) is 0 Å². The Morgan fingerprint density at radius 3 is 2.84 bits per heavy atom. The number of carbonyl (C=O) groups is 1. The lowest BCUT2D eigenvalue weighted by Crippen LogP contribution is -2.34. The van der Waals surface area contributed by atoms with Gasteiger partial charge in [-0.1, -0.05) is 5.21 Å². The fraction of sp³-hybridized carbons (Fsp3) is 0.611. The van der Waals surface area contributed by atoms with Crippen LogP contribution in [0.5, 0.6) is 0 Å². The summed E-state index contributed by atoms with van der Waals surface area (Å²) < 4.78 is 2.02. The van der Waals surface area contributed by atoms with Gasteiger partial charge in [0.1, 0.15) is 0 Å². The second-order valence-electron chi connectivity index (χ2n) is 7.03. The van der Waals surface area contributed by atoms with E-state index in [0.717, 1.165) is 57.8 Å². The highest BCUT2D eigenvalue weighted by molar-refractivity contribution is 7.10. The summed E-state index contributed by atoms with van der Waals surface area (Å²) in [5, 5.41) is 10.8. The van der Waals surface area contributed by atoms with Crippen molar-refractivity contribution in [2.45, 2.75) is 52.2 Å². The van der Waals surface area contributed by atoms with Gasteiger partial charge < -0.3 is 4.90 Å². The molecule has 2 aliphatic rings. The van der Waals surface area contributed by atoms with E-state index in [4.69, 9.17) is 0 Å². The maximum atomic E-state index is 12.3. The highest BCUT2D eigenvalue weighted by Crippen LogP contribution is 2.22. The summed E-state index contributed by atoms with van der Waals surface area (Å²) in [4.78, 5) is 18.2. The zero-order valence-electron chi connectivity index (χ0n) is 14.8. The lowest BCUT2D eigenvalue weighted by atomic mass is 10.1. The standard InChI is InChI=1S/C18H25N5OS/c1-14-6-11-25-17(14)13-21-9-10-23-16(12-21)15(19-20-23)4-5-18(24)22-7-2-3-8-22/h6,11H,2-5,7-10,12-13H2,1H3. The van der Waals surface area contributed by atoms with E-state index in [-0.39, 0.29) is 5.91 Å². The van der Waals surface area contributed by atoms with Crippen LogP contribution in [0.3, 0.4) is 0 Å². The van der Waals surface area contributed by atoms with Crippen molar-refractivity contribution in [1.82, 2.24) is 24.8 Å². The summed E-state index contributed by atoms with van der Waals surface area (Å²) in [6.07, 6.45) is 3.54. The third kappa shape index (κ3) is 3.62. The molecule has 4 heterocycles. The van der Waals surface area contributed by atoms with Crippen LogP contribution in [-0.4, -0.2) is 50.3 Å². The summed E-state index contributed by atoms with van der Waals surface area (Å²) in [5.41, 5.74) is 3.56. The third-order valence-corrected chi connectivity index (χ3v) is 6.30. The minimum Gasteiger partial charge on any atom is -0.343 e. The number of nitrogens with zero attached hydrogens (tertiary/aromatic N) is 5. The first-order valence-electron chi connectivity index (χ1n) is 9.15. The van der Waals surface area contributed by atoms with Crippen LogP contribution in [0.1, 0.15) is 41.1 Å². The Labute approximate surface area is 152 Å². The molecule has 2 aromatic rings. The molecule has 0 aromatic carbocycles. The van der Waals surface area contributed by atoms with Crippen LogP contribution in [0.15, 0.2) is 11.4 Å². The van der Waals surface area contributed by atoms with E-state index in [2.05, 4.69) is 33.6 Å². The first-order chi connectivity index (χ1) is 12.2. The molecule has 0 radical (unpaired) electrons. The number of hydrogen-bond acceptors (Lipinski definition) is 5. The van der Waals surface area contributed by atoms with Crippen molar-refractivity contribution in [3.8, 4) is 0 Å². The SMILES string of the molecule is Cc1ccsc1CN1CCn2nnc(CCC(=O)N3CCCC3)c2C1. The van der Waals surface area contributed by atoms with Gasteiger partial charge in [0.05, 0.1) is 17.9 Å². The quantitative estimate of drug-likeness (QED) is 0.821. The van der Waals surface area contributed by atoms with Gasteiger partial charge in [0, 0.05) is 50.4 Å². The molecule has 0 spiro atoms. The molecule has 0 N–H and O–H groups in total. The Balaban J connectivity index is 1.39. The molecule has 1 fully saturated rings. The summed E-state index contributed by atoms with van der Waals surface area (Å²) in [6, 6.07) is 2.19. The number of carbonyl (C=O) groups excluding carboxylic acids is 1. The highest BCUT2D eigenvalue weighted by Gasteiger charge is 2.24. The van der Waals surface area contributed by atoms with Crippen molar-refractivity contribution in [2.75, 3.05) is 19.6 Å². The highest BCUT2D eigenvalue weighted by atomic mass is 32.1. The van der Waals surface area contributed by atoms with Gasteiger partial charge >= 0.3 is 0 Å². The number of amides is 1. The van der Waals surface area contributed by atoms with Crippen LogP contribution in [-0.2, 0) is 30.8 Å². The topological polar surface area (TPSA) is 54.3 Å². The minimum absolute atomic E-state index is 0.265. The number of fused-ring (bicyclic) bond motifs is 1. The summed E-state index contributed by atoms with van der Waals surface area (Å²) >= 11 is 1.83. The third-order valence-electron chi connectivity index (χ3n) is 5.29. The molecule has 2 aromatic heterocycles. The van der Waals surface area contributed by atoms with Crippen LogP contribution in [0.4, 0.5) is 0 Å². The Hall–Kier alpha value is -1.73. The van der Waals surface area contributed by atoms with E-state index in [1.54, 1.807) is 0 Å². The second kappa shape index (κ2) is 7.25. The van der Waals surface area contributed by atoms with E-state index in [0.29, 0.717) is 12.8 Å². The fourth-order valence-electron chi connectivity index (χ4n) is 3.70. The molecule has 1 amide bonds. The number of hydrogen-bond donors (Lipinski definition) is 0. The fourth-order valence-corrected chi connectivity index (χ4v) is 4.64. The Bertz CT molecular complexity index is 746. The molecule has 1 saturated heterocycles. The summed E-state index contributed by atoms with van der Waals surface area (Å²) in [5.74, 6) is 0.265. The van der Waals surface area contributed by atoms with Crippen molar-refractivity contribution >= 4 is 17.2 Å². The molecule has 0 atom stereocenters. The van der Waals surface area contributed by atoms with Gasteiger partial charge in [-0.25, -0.2) is 4.68 Å². The van der Waals surface area contributed by atoms with Crippen molar-refractivity contribution in [1.29, 1.82) is 0 Å². The number of aromatic nitrogens is 3. The largest absolute Gasteiger partial charge is 0.343 e. The van der Waals surface area contributed by atoms with Crippen molar-refractivity contribution in [2.24, 2.45) is 0 Å². The van der Waals surface area contributed by atoms with Gasteiger partial charge in [-0.3, -0.25) is 9.69 Å². The van der Waals surface area contributed by atoms with Gasteiger partial charge in [-0.05, 0) is 36.8 Å². The second-order valence-corrected chi connectivity index (χ2v) is 8.03. The lowest BCUT2D eigenvalue weighted by molar-refractivity contribution is -0.130. The molecule has 2 aliphatic heterocycles. The van der Waals surface area contributed by atoms with E-state index in [1.165, 1.54) is 16.1 Å². The van der Waals surface area contributed by atoms with Gasteiger partial charge in [-0.2, -0.15) is 0 Å². The maximum absolute atomic E-state index is 12.3. The first kappa shape index (κ1) is 16.7. The zero-order valence-corrected chi connectivity index (χ0v) is 15.6. The zero-order chi connectivity index (χ0) is 17.2. The van der Waals surface area contributed by atoms with Crippen LogP contribution >= 0.6 is 11.3 Å². The smallest absolute Gasteiger partial charge is 0.222 e. The minimum atomic E-state index is 0.265. The average molecular weight is 359 g/mol. The monoisotopic (exact) mass is 359 g/mol. The molecule has 134 valence electrons. The Morgan fingerprint density at radius 1 is 1.24 bits per heavy atom. The van der Waals surface area contributed by atoms with Gasteiger partial charge in [0.15, 0.2) is 0 Å². The number of rotatable bonds is 5. The molecule has 4 rings (SSSR count). The summed E-state index contributed by atoms with van der Waals surface area (Å²) in [6.45, 7) is 7.76. The Morgan fingerprint density at radius 2 is 2.08 bits per heavy atom. The molecule has 0 unspecified atom stereocenters. The van der Waals surface area contributed by atoms with Crippen molar-refractivity contribution < 1.29 is 4.79 Å². The normalized spacial score (nSPS) is 17.9. The first-order valence-corrected chi connectivity index (χ1v) is 10.0. The number of thiophene rings is 1. The van der Waals surface area contributed by atoms with Crippen molar-refractivity contribution in [3.05, 3.63) is 33.3 Å². The van der Waals surface area contributed by atoms with Gasteiger partial charge in [0.2, 0.25) is 5.91 Å². The lowest BCUT2D eigenvalue weighted by Gasteiger charge is -2.27. The molecule has 7 heteroatoms. The van der Waals surface area contributed by atoms with E-state index < -0.39 is 0 Å². The molecule has 0 bridgehead atoms. The predicted molar refractivity (Wildman–Crippen MR) is 97.3 cm³/mol. The maximum Gasteiger partial charge on any atom is 0.222 e. The molecule has 0 saturated carbocycles. The van der Waals surface area contributed by atoms with E-state index in [9.17, 15) is 4.79 Å². The molecule has 6 nitrogen and oxygen atoms in total. The average Bonchev–Trinajstić information content (AvgIpc) is 3.35. The molecular formula is C18H25N5OS. The molecule has 25 heavy (non-hydrogen) atoms. The number of aryl methyl sites for hydroxylation is 2.